The van der Waals surface area contributed by atoms with E-state index >= 15 is 0 Å². The predicted octanol–water partition coefficient (Wildman–Crippen LogP) is 13.0. The Morgan fingerprint density at radius 1 is 0.462 bits per heavy atom. The predicted molar refractivity (Wildman–Crippen MR) is 218 cm³/mol. The molecule has 1 aliphatic heterocycles. The second kappa shape index (κ2) is 11.4. The molecule has 0 saturated carbocycles. The fourth-order valence-corrected chi connectivity index (χ4v) is 8.78. The molecule has 52 heavy (non-hydrogen) atoms. The number of hydrogen-bond acceptors (Lipinski definition) is 5. The van der Waals surface area contributed by atoms with Crippen LogP contribution in [0.15, 0.2) is 170 Å². The third kappa shape index (κ3) is 4.43. The van der Waals surface area contributed by atoms with E-state index in [9.17, 15) is 0 Å². The van der Waals surface area contributed by atoms with Gasteiger partial charge in [0.15, 0.2) is 17.5 Å². The van der Waals surface area contributed by atoms with Gasteiger partial charge in [-0.15, -0.1) is 11.3 Å². The summed E-state index contributed by atoms with van der Waals surface area (Å²) >= 11 is 1.68. The summed E-state index contributed by atoms with van der Waals surface area (Å²) in [7, 11) is 0. The zero-order valence-electron chi connectivity index (χ0n) is 32.5. The maximum Gasteiger partial charge on any atom is 0.166 e. The van der Waals surface area contributed by atoms with Crippen molar-refractivity contribution >= 4 is 70.1 Å². The average molecular weight is 686 g/mol. The minimum atomic E-state index is -0.478. The molecule has 0 atom stereocenters. The molecule has 0 fully saturated rings. The van der Waals surface area contributed by atoms with Crippen LogP contribution in [0.1, 0.15) is 6.85 Å². The van der Waals surface area contributed by atoms with Gasteiger partial charge in [0.25, 0.3) is 0 Å². The lowest BCUT2D eigenvalue weighted by molar-refractivity contribution is 1.07. The summed E-state index contributed by atoms with van der Waals surface area (Å²) in [6.45, 7) is 0. The molecule has 0 N–H and O–H groups in total. The van der Waals surface area contributed by atoms with Crippen molar-refractivity contribution < 1.29 is 6.85 Å². The van der Waals surface area contributed by atoms with Gasteiger partial charge in [0.1, 0.15) is 0 Å². The van der Waals surface area contributed by atoms with Crippen molar-refractivity contribution in [3.05, 3.63) is 170 Å². The van der Waals surface area contributed by atoms with Crippen LogP contribution in [-0.4, -0.2) is 15.0 Å². The van der Waals surface area contributed by atoms with Crippen LogP contribution in [0.25, 0.3) is 87.0 Å². The Hall–Kier alpha value is -6.69. The fourth-order valence-electron chi connectivity index (χ4n) is 7.64. The molecule has 11 rings (SSSR count). The van der Waals surface area contributed by atoms with Gasteiger partial charge in [-0.2, -0.15) is 0 Å². The molecule has 5 heteroatoms. The molecule has 0 saturated heterocycles. The van der Waals surface area contributed by atoms with Crippen LogP contribution in [0.2, 0.25) is 0 Å². The van der Waals surface area contributed by atoms with Gasteiger partial charge in [-0.05, 0) is 46.7 Å². The monoisotopic (exact) mass is 685 g/mol. The Morgan fingerprint density at radius 3 is 2.04 bits per heavy atom. The minimum Gasteiger partial charge on any atom is -0.308 e. The molecule has 0 radical (unpaired) electrons. The Balaban J connectivity index is 1.20. The molecular formula is C47H28N4S. The maximum absolute atomic E-state index is 8.91. The van der Waals surface area contributed by atoms with Gasteiger partial charge in [-0.3, -0.25) is 0 Å². The van der Waals surface area contributed by atoms with E-state index in [1.165, 1.54) is 10.1 Å². The second-order valence-electron chi connectivity index (χ2n) is 12.8. The van der Waals surface area contributed by atoms with Gasteiger partial charge >= 0.3 is 0 Å². The first-order valence-electron chi connectivity index (χ1n) is 19.5. The van der Waals surface area contributed by atoms with E-state index in [1.807, 2.05) is 42.5 Å². The Kier molecular flexibility index (Phi) is 5.37. The highest BCUT2D eigenvalue weighted by molar-refractivity contribution is 7.25. The Labute approximate surface area is 311 Å². The normalized spacial score (nSPS) is 13.5. The van der Waals surface area contributed by atoms with Gasteiger partial charge < -0.3 is 4.90 Å². The van der Waals surface area contributed by atoms with Gasteiger partial charge in [-0.25, -0.2) is 15.0 Å². The van der Waals surface area contributed by atoms with Crippen LogP contribution in [0.4, 0.5) is 17.1 Å². The van der Waals surface area contributed by atoms with Gasteiger partial charge in [-0.1, -0.05) is 139 Å². The molecule has 1 aliphatic rings. The van der Waals surface area contributed by atoms with Crippen LogP contribution in [-0.2, 0) is 0 Å². The van der Waals surface area contributed by atoms with Crippen molar-refractivity contribution in [2.24, 2.45) is 0 Å². The minimum absolute atomic E-state index is 0.00446. The lowest BCUT2D eigenvalue weighted by Crippen LogP contribution is -2.17. The largest absolute Gasteiger partial charge is 0.308 e. The van der Waals surface area contributed by atoms with Crippen LogP contribution < -0.4 is 4.90 Å². The van der Waals surface area contributed by atoms with Crippen LogP contribution in [0, 0.1) is 0 Å². The number of fused-ring (bicyclic) bond motifs is 7. The zero-order valence-corrected chi connectivity index (χ0v) is 28.3. The highest BCUT2D eigenvalue weighted by Gasteiger charge is 2.30. The molecule has 0 aliphatic carbocycles. The first-order chi connectivity index (χ1) is 27.9. The SMILES string of the molecule is [2H]c1c([2H])c([2H])c(-c2nc(-c3ccc4c(c3)sc3ccccc34)nc(-c3ccccc3N3c4c(ccc5ccccc45)-c4cccc5cccc3c45)n2)c([2H])c1[2H]. The van der Waals surface area contributed by atoms with Gasteiger partial charge in [0.2, 0.25) is 0 Å². The summed E-state index contributed by atoms with van der Waals surface area (Å²) in [6.07, 6.45) is 0. The summed E-state index contributed by atoms with van der Waals surface area (Å²) in [5, 5.41) is 6.73. The van der Waals surface area contributed by atoms with Crippen LogP contribution >= 0.6 is 11.3 Å². The van der Waals surface area contributed by atoms with Crippen molar-refractivity contribution in [1.29, 1.82) is 0 Å². The van der Waals surface area contributed by atoms with Crippen molar-refractivity contribution in [1.82, 2.24) is 15.0 Å². The molecule has 2 aromatic heterocycles. The van der Waals surface area contributed by atoms with E-state index in [-0.39, 0.29) is 23.5 Å². The Morgan fingerprint density at radius 2 is 1.13 bits per heavy atom. The maximum atomic E-state index is 8.91. The van der Waals surface area contributed by atoms with Crippen LogP contribution in [0.3, 0.4) is 0 Å². The number of anilines is 3. The summed E-state index contributed by atoms with van der Waals surface area (Å²) in [5.74, 6) is 0.629. The third-order valence-corrected chi connectivity index (χ3v) is 11.1. The molecule has 0 amide bonds. The first kappa shape index (κ1) is 24.5. The van der Waals surface area contributed by atoms with E-state index in [4.69, 9.17) is 21.8 Å². The zero-order chi connectivity index (χ0) is 38.5. The topological polar surface area (TPSA) is 41.9 Å². The standard InChI is InChI=1S/C47H28N4S/c1-2-13-31(14-3-1)45-48-46(32-25-26-35-34-18-7-9-23-41(34)52-42(35)28-32)50-47(49-45)38-19-6-8-21-39(38)51-40-22-11-16-30-15-10-20-36(43(30)40)37-27-24-29-12-4-5-17-33(29)44(37)51/h1-28H/i1D,2D,3D,13D,14D. The fraction of sp³-hybridized carbons (Fsp3) is 0. The molecule has 8 aromatic carbocycles. The highest BCUT2D eigenvalue weighted by atomic mass is 32.1. The van der Waals surface area contributed by atoms with E-state index in [0.29, 0.717) is 17.2 Å². The molecule has 0 spiro atoms. The molecule has 10 aromatic rings. The van der Waals surface area contributed by atoms with E-state index in [0.717, 1.165) is 65.4 Å². The van der Waals surface area contributed by atoms with Crippen molar-refractivity contribution in [3.8, 4) is 45.3 Å². The van der Waals surface area contributed by atoms with E-state index in [1.54, 1.807) is 11.3 Å². The van der Waals surface area contributed by atoms with E-state index < -0.39 is 18.1 Å². The molecule has 242 valence electrons. The summed E-state index contributed by atoms with van der Waals surface area (Å²) < 4.78 is 45.3. The molecule has 0 bridgehead atoms. The number of hydrogen-bond donors (Lipinski definition) is 0. The molecule has 4 nitrogen and oxygen atoms in total. The molecular weight excluding hydrogens is 653 g/mol. The van der Waals surface area contributed by atoms with Crippen molar-refractivity contribution in [2.75, 3.05) is 4.90 Å². The third-order valence-electron chi connectivity index (χ3n) is 9.92. The number of benzene rings is 8. The number of thiophene rings is 1. The molecule has 0 unspecified atom stereocenters. The van der Waals surface area contributed by atoms with E-state index in [2.05, 4.69) is 102 Å². The van der Waals surface area contributed by atoms with Crippen molar-refractivity contribution in [2.45, 2.75) is 0 Å². The number of rotatable bonds is 4. The smallest absolute Gasteiger partial charge is 0.166 e. The summed E-state index contributed by atoms with van der Waals surface area (Å²) in [5.41, 5.74) is 6.43. The van der Waals surface area contributed by atoms with Gasteiger partial charge in [0, 0.05) is 53.2 Å². The van der Waals surface area contributed by atoms with Crippen molar-refractivity contribution in [3.63, 3.8) is 0 Å². The quantitative estimate of drug-likeness (QED) is 0.185. The number of para-hydroxylation sites is 1. The number of nitrogens with zero attached hydrogens (tertiary/aromatic N) is 4. The van der Waals surface area contributed by atoms with Gasteiger partial charge in [0.05, 0.1) is 23.9 Å². The lowest BCUT2D eigenvalue weighted by Gasteiger charge is -2.35. The Bertz CT molecular complexity index is 3310. The summed E-state index contributed by atoms with van der Waals surface area (Å²) in [4.78, 5) is 17.3. The average Bonchev–Trinajstić information content (AvgIpc) is 3.63. The van der Waals surface area contributed by atoms with Crippen LogP contribution in [0.5, 0.6) is 0 Å². The lowest BCUT2D eigenvalue weighted by atomic mass is 9.88. The first-order valence-corrected chi connectivity index (χ1v) is 17.9. The highest BCUT2D eigenvalue weighted by Crippen LogP contribution is 2.54. The summed E-state index contributed by atoms with van der Waals surface area (Å²) in [6, 6.07) is 45.7. The second-order valence-corrected chi connectivity index (χ2v) is 13.9. The number of aromatic nitrogens is 3. The molecule has 3 heterocycles.